The van der Waals surface area contributed by atoms with Crippen LogP contribution in [0.3, 0.4) is 0 Å². The number of pyridine rings is 1. The molecule has 3 aliphatic heterocycles. The number of carbonyl (C=O) groups is 5. The molecule has 1 aromatic heterocycles. The first-order chi connectivity index (χ1) is 32.1. The quantitative estimate of drug-likeness (QED) is 0.125. The molecule has 1 spiro atoms. The van der Waals surface area contributed by atoms with Crippen molar-refractivity contribution in [3.8, 4) is 11.5 Å². The van der Waals surface area contributed by atoms with Gasteiger partial charge in [-0.1, -0.05) is 45.8 Å². The first kappa shape index (κ1) is 49.3. The van der Waals surface area contributed by atoms with E-state index in [0.29, 0.717) is 56.5 Å². The molecule has 5 atom stereocenters. The molecular weight excluding hydrogens is 910 g/mol. The third-order valence-corrected chi connectivity index (χ3v) is 17.2. The third-order valence-electron chi connectivity index (χ3n) is 15.0. The highest BCUT2D eigenvalue weighted by atomic mass is 32.2. The van der Waals surface area contributed by atoms with E-state index >= 15 is 0 Å². The van der Waals surface area contributed by atoms with Crippen molar-refractivity contribution < 1.29 is 59.8 Å². The normalized spacial score (nSPS) is 27.1. The minimum atomic E-state index is -4.96. The SMILES string of the molecule is CCCCCC=CC12CC1C2(NC(=O)C1CC2(CCc3c(c(C(F)(F)F)nc4ccc(OCC5CCN(C(C)=O)CC5)cc34)O2)CN1C(=O)CNC(=O)OCC(C)C)C(=O)NS(=O)(=O)C1(C)CC1. The van der Waals surface area contributed by atoms with E-state index < -0.39 is 91.3 Å². The zero-order valence-electron chi connectivity index (χ0n) is 39.4. The standard InChI is InChI=1S/C48H63F3N6O10S/c1-6-7-8-9-10-16-46-24-37(46)47(46,42(61)55-68(63,64)44(5)18-19-44)54-41(60)36-23-45(28-57(36)38(59)25-52-43(62)66-26-29(2)3)17-13-33-34-22-32(65-27-31-14-20-56(21-15-31)30(4)58)11-12-35(34)53-40(39(33)67-45)48(49,50)51/h10-12,16,22,29,31,36-37H,6-9,13-15,17-21,23-28H2,1-5H3,(H,52,62)(H,54,60)(H,55,61). The fourth-order valence-electron chi connectivity index (χ4n) is 10.3. The molecule has 2 aromatic rings. The van der Waals surface area contributed by atoms with E-state index in [-0.39, 0.29) is 61.2 Å². The number of aromatic nitrogens is 1. The second kappa shape index (κ2) is 18.3. The lowest BCUT2D eigenvalue weighted by molar-refractivity contribution is -0.144. The number of nitrogens with one attached hydrogen (secondary N) is 3. The number of aryl methyl sites for hydroxylation is 1. The number of likely N-dealkylation sites (tertiary alicyclic amines) is 2. The van der Waals surface area contributed by atoms with Crippen LogP contribution < -0.4 is 24.8 Å². The minimum Gasteiger partial charge on any atom is -0.493 e. The number of halogens is 3. The summed E-state index contributed by atoms with van der Waals surface area (Å²) in [5.41, 5.74) is -5.03. The highest BCUT2D eigenvalue weighted by Crippen LogP contribution is 2.83. The van der Waals surface area contributed by atoms with Gasteiger partial charge in [-0.15, -0.1) is 0 Å². The molecule has 0 bridgehead atoms. The third kappa shape index (κ3) is 9.46. The molecule has 3 aliphatic carbocycles. The number of allylic oxidation sites excluding steroid dienone is 1. The number of alkyl carbamates (subject to hydrolysis) is 1. The van der Waals surface area contributed by atoms with Gasteiger partial charge in [-0.05, 0) is 94.7 Å². The van der Waals surface area contributed by atoms with Crippen molar-refractivity contribution in [2.24, 2.45) is 23.2 Å². The minimum absolute atomic E-state index is 0.000696. The van der Waals surface area contributed by atoms with Crippen LogP contribution in [0.1, 0.15) is 117 Å². The summed E-state index contributed by atoms with van der Waals surface area (Å²) in [4.78, 5) is 74.6. The maximum absolute atomic E-state index is 15.0. The number of unbranched alkanes of at least 4 members (excludes halogenated alkanes) is 3. The van der Waals surface area contributed by atoms with Gasteiger partial charge in [-0.2, -0.15) is 13.2 Å². The molecule has 2 saturated heterocycles. The van der Waals surface area contributed by atoms with Crippen molar-refractivity contribution >= 4 is 50.6 Å². The lowest BCUT2D eigenvalue weighted by atomic mass is 9.86. The number of ether oxygens (including phenoxy) is 3. The van der Waals surface area contributed by atoms with Gasteiger partial charge in [0.05, 0.1) is 30.0 Å². The van der Waals surface area contributed by atoms with Crippen molar-refractivity contribution in [1.29, 1.82) is 0 Å². The summed E-state index contributed by atoms with van der Waals surface area (Å²) in [6.45, 7) is 9.47. The Balaban J connectivity index is 1.08. The average Bonchev–Trinajstić information content (AvgIpc) is 4.25. The topological polar surface area (TPSA) is 203 Å². The Kier molecular flexibility index (Phi) is 13.3. The Morgan fingerprint density at radius 1 is 1.06 bits per heavy atom. The van der Waals surface area contributed by atoms with Gasteiger partial charge < -0.3 is 34.6 Å². The molecule has 1 aromatic carbocycles. The molecule has 5 fully saturated rings. The number of benzene rings is 1. The Bertz CT molecular complexity index is 2490. The molecule has 3 saturated carbocycles. The average molecular weight is 973 g/mol. The van der Waals surface area contributed by atoms with E-state index in [1.165, 1.54) is 13.0 Å². The Labute approximate surface area is 394 Å². The first-order valence-corrected chi connectivity index (χ1v) is 25.4. The highest BCUT2D eigenvalue weighted by Gasteiger charge is 2.92. The summed E-state index contributed by atoms with van der Waals surface area (Å²) >= 11 is 0. The number of nitrogens with zero attached hydrogens (tertiary/aromatic N) is 3. The molecule has 68 heavy (non-hydrogen) atoms. The Morgan fingerprint density at radius 3 is 2.44 bits per heavy atom. The molecule has 20 heteroatoms. The van der Waals surface area contributed by atoms with Crippen LogP contribution in [0.25, 0.3) is 10.9 Å². The van der Waals surface area contributed by atoms with Crippen LogP contribution in [0.2, 0.25) is 0 Å². The van der Waals surface area contributed by atoms with Crippen molar-refractivity contribution in [3.05, 3.63) is 41.6 Å². The van der Waals surface area contributed by atoms with Crippen LogP contribution in [0.4, 0.5) is 18.0 Å². The Hall–Kier alpha value is -5.14. The molecule has 372 valence electrons. The monoisotopic (exact) mass is 972 g/mol. The van der Waals surface area contributed by atoms with Crippen molar-refractivity contribution in [2.45, 2.75) is 140 Å². The predicted octanol–water partition coefficient (Wildman–Crippen LogP) is 5.95. The molecule has 6 aliphatic rings. The van der Waals surface area contributed by atoms with Crippen LogP contribution in [0, 0.1) is 23.2 Å². The predicted molar refractivity (Wildman–Crippen MR) is 243 cm³/mol. The first-order valence-electron chi connectivity index (χ1n) is 24.0. The summed E-state index contributed by atoms with van der Waals surface area (Å²) < 4.78 is 90.7. The zero-order chi connectivity index (χ0) is 49.0. The van der Waals surface area contributed by atoms with Gasteiger partial charge >= 0.3 is 12.3 Å². The lowest BCUT2D eigenvalue weighted by Gasteiger charge is -2.37. The molecule has 5 amide bonds. The maximum atomic E-state index is 15.0. The Morgan fingerprint density at radius 2 is 1.79 bits per heavy atom. The van der Waals surface area contributed by atoms with Gasteiger partial charge in [-0.25, -0.2) is 18.2 Å². The largest absolute Gasteiger partial charge is 0.493 e. The summed E-state index contributed by atoms with van der Waals surface area (Å²) in [7, 11) is -4.12. The number of rotatable bonds is 17. The fourth-order valence-corrected chi connectivity index (χ4v) is 11.6. The van der Waals surface area contributed by atoms with E-state index in [1.807, 2.05) is 26.0 Å². The van der Waals surface area contributed by atoms with Crippen molar-refractivity contribution in [2.75, 3.05) is 39.4 Å². The van der Waals surface area contributed by atoms with Crippen LogP contribution in [0.15, 0.2) is 30.4 Å². The molecule has 8 rings (SSSR count). The van der Waals surface area contributed by atoms with Crippen molar-refractivity contribution in [1.82, 2.24) is 30.1 Å². The van der Waals surface area contributed by atoms with E-state index in [9.17, 15) is 45.6 Å². The molecular formula is C48H63F3N6O10S. The van der Waals surface area contributed by atoms with Gasteiger partial charge in [0.25, 0.3) is 5.91 Å². The smallest absolute Gasteiger partial charge is 0.437 e. The highest BCUT2D eigenvalue weighted by molar-refractivity contribution is 7.91. The summed E-state index contributed by atoms with van der Waals surface area (Å²) in [5, 5.41) is 5.67. The van der Waals surface area contributed by atoms with E-state index in [1.54, 1.807) is 24.0 Å². The van der Waals surface area contributed by atoms with Gasteiger partial charge in [0.1, 0.15) is 29.5 Å². The number of alkyl halides is 3. The second-order valence-electron chi connectivity index (χ2n) is 20.5. The van der Waals surface area contributed by atoms with E-state index in [0.717, 1.165) is 37.0 Å². The number of fused-ring (bicyclic) bond motifs is 4. The van der Waals surface area contributed by atoms with Crippen LogP contribution in [-0.2, 0) is 46.5 Å². The molecule has 4 heterocycles. The van der Waals surface area contributed by atoms with Gasteiger partial charge in [0, 0.05) is 48.7 Å². The zero-order valence-corrected chi connectivity index (χ0v) is 40.2. The number of sulfonamides is 1. The van der Waals surface area contributed by atoms with Crippen molar-refractivity contribution in [3.63, 3.8) is 0 Å². The van der Waals surface area contributed by atoms with Gasteiger partial charge in [-0.3, -0.25) is 23.9 Å². The van der Waals surface area contributed by atoms with Crippen LogP contribution >= 0.6 is 0 Å². The number of hydrogen-bond donors (Lipinski definition) is 3. The van der Waals surface area contributed by atoms with Gasteiger partial charge in [0.15, 0.2) is 11.4 Å². The number of carbonyl (C=O) groups excluding carboxylic acids is 5. The maximum Gasteiger partial charge on any atom is 0.437 e. The molecule has 3 N–H and O–H groups in total. The fraction of sp³-hybridized carbons (Fsp3) is 0.667. The number of amides is 5. The molecule has 0 radical (unpaired) electrons. The van der Waals surface area contributed by atoms with Crippen LogP contribution in [0.5, 0.6) is 11.5 Å². The summed E-state index contributed by atoms with van der Waals surface area (Å²) in [5.74, 6) is -2.80. The second-order valence-corrected chi connectivity index (χ2v) is 22.7. The summed E-state index contributed by atoms with van der Waals surface area (Å²) in [6.07, 6.45) is 4.12. The molecule has 5 unspecified atom stereocenters. The van der Waals surface area contributed by atoms with E-state index in [4.69, 9.17) is 14.2 Å². The van der Waals surface area contributed by atoms with Crippen LogP contribution in [-0.4, -0.2) is 114 Å². The number of piperidine rings is 1. The summed E-state index contributed by atoms with van der Waals surface area (Å²) in [6, 6.07) is 3.27. The number of hydrogen-bond acceptors (Lipinski definition) is 11. The van der Waals surface area contributed by atoms with Gasteiger partial charge in [0.2, 0.25) is 27.7 Å². The lowest BCUT2D eigenvalue weighted by Crippen LogP contribution is -2.61. The van der Waals surface area contributed by atoms with E-state index in [2.05, 4.69) is 27.3 Å². The molecule has 16 nitrogen and oxygen atoms in total.